The van der Waals surface area contributed by atoms with Crippen molar-refractivity contribution in [2.45, 2.75) is 4.90 Å². The topological polar surface area (TPSA) is 61.6 Å². The van der Waals surface area contributed by atoms with Crippen molar-refractivity contribution in [2.24, 2.45) is 0 Å². The summed E-state index contributed by atoms with van der Waals surface area (Å²) >= 11 is 6.88. The van der Waals surface area contributed by atoms with Crippen molar-refractivity contribution >= 4 is 29.1 Å². The maximum Gasteiger partial charge on any atom is 0.286 e. The first-order chi connectivity index (χ1) is 8.13. The van der Waals surface area contributed by atoms with Gasteiger partial charge < -0.3 is 9.47 Å². The number of nitro groups is 1. The molecule has 0 bridgehead atoms. The zero-order valence-electron chi connectivity index (χ0n) is 9.44. The van der Waals surface area contributed by atoms with Crippen LogP contribution in [0.1, 0.15) is 0 Å². The van der Waals surface area contributed by atoms with Gasteiger partial charge >= 0.3 is 0 Å². The normalized spacial score (nSPS) is 10.1. The molecule has 1 aromatic rings. The van der Waals surface area contributed by atoms with Crippen molar-refractivity contribution in [3.63, 3.8) is 0 Å². The number of benzene rings is 1. The van der Waals surface area contributed by atoms with E-state index in [1.54, 1.807) is 6.07 Å². The van der Waals surface area contributed by atoms with Crippen molar-refractivity contribution in [1.29, 1.82) is 0 Å². The van der Waals surface area contributed by atoms with E-state index in [1.807, 2.05) is 0 Å². The SMILES string of the molecule is COc1cc(SCCCl)c([N+](=O)[O-])cc1OC. The highest BCUT2D eigenvalue weighted by Gasteiger charge is 2.19. The van der Waals surface area contributed by atoms with Gasteiger partial charge in [0.15, 0.2) is 11.5 Å². The smallest absolute Gasteiger partial charge is 0.286 e. The first kappa shape index (κ1) is 13.9. The number of methoxy groups -OCH3 is 2. The number of ether oxygens (including phenoxy) is 2. The van der Waals surface area contributed by atoms with Crippen LogP contribution < -0.4 is 9.47 Å². The molecule has 0 aliphatic heterocycles. The standard InChI is InChI=1S/C10H12ClNO4S/c1-15-8-5-7(12(13)14)10(17-4-3-11)6-9(8)16-2/h5-6H,3-4H2,1-2H3. The fraction of sp³-hybridized carbons (Fsp3) is 0.400. The molecule has 17 heavy (non-hydrogen) atoms. The molecular weight excluding hydrogens is 266 g/mol. The van der Waals surface area contributed by atoms with Crippen LogP contribution in [0.3, 0.4) is 0 Å². The molecule has 0 fully saturated rings. The average molecular weight is 278 g/mol. The monoisotopic (exact) mass is 277 g/mol. The third-order valence-corrected chi connectivity index (χ3v) is 3.46. The molecule has 0 radical (unpaired) electrons. The van der Waals surface area contributed by atoms with E-state index < -0.39 is 4.92 Å². The lowest BCUT2D eigenvalue weighted by Crippen LogP contribution is -1.96. The molecule has 7 heteroatoms. The molecule has 0 saturated carbocycles. The van der Waals surface area contributed by atoms with Gasteiger partial charge in [-0.1, -0.05) is 0 Å². The number of thioether (sulfide) groups is 1. The number of hydrogen-bond donors (Lipinski definition) is 0. The highest BCUT2D eigenvalue weighted by molar-refractivity contribution is 7.99. The molecule has 0 spiro atoms. The lowest BCUT2D eigenvalue weighted by atomic mass is 10.3. The Hall–Kier alpha value is -1.14. The maximum absolute atomic E-state index is 10.9. The Kier molecular flexibility index (Phi) is 5.37. The van der Waals surface area contributed by atoms with Crippen LogP contribution in [0.4, 0.5) is 5.69 Å². The molecule has 0 atom stereocenters. The first-order valence-corrected chi connectivity index (χ1v) is 6.25. The molecule has 0 unspecified atom stereocenters. The predicted molar refractivity (Wildman–Crippen MR) is 67.6 cm³/mol. The van der Waals surface area contributed by atoms with E-state index in [1.165, 1.54) is 32.0 Å². The molecule has 0 aromatic heterocycles. The average Bonchev–Trinajstić information content (AvgIpc) is 2.34. The second-order valence-corrected chi connectivity index (χ2v) is 4.48. The van der Waals surface area contributed by atoms with Crippen LogP contribution >= 0.6 is 23.4 Å². The maximum atomic E-state index is 10.9. The van der Waals surface area contributed by atoms with Crippen LogP contribution in [-0.2, 0) is 0 Å². The Bertz CT molecular complexity index is 414. The van der Waals surface area contributed by atoms with Crippen LogP contribution in [0.15, 0.2) is 17.0 Å². The highest BCUT2D eigenvalue weighted by Crippen LogP contribution is 2.39. The van der Waals surface area contributed by atoms with Crippen LogP contribution in [0.25, 0.3) is 0 Å². The van der Waals surface area contributed by atoms with Crippen molar-refractivity contribution in [2.75, 3.05) is 25.9 Å². The molecule has 0 N–H and O–H groups in total. The van der Waals surface area contributed by atoms with E-state index >= 15 is 0 Å². The predicted octanol–water partition coefficient (Wildman–Crippen LogP) is 2.94. The molecule has 1 aromatic carbocycles. The van der Waals surface area contributed by atoms with Crippen LogP contribution in [0.2, 0.25) is 0 Å². The van der Waals surface area contributed by atoms with Gasteiger partial charge in [-0.3, -0.25) is 10.1 Å². The van der Waals surface area contributed by atoms with Gasteiger partial charge in [0.1, 0.15) is 0 Å². The fourth-order valence-electron chi connectivity index (χ4n) is 1.26. The summed E-state index contributed by atoms with van der Waals surface area (Å²) in [5.41, 5.74) is -0.00207. The Morgan fingerprint density at radius 1 is 1.35 bits per heavy atom. The first-order valence-electron chi connectivity index (χ1n) is 4.73. The van der Waals surface area contributed by atoms with Crippen LogP contribution in [0, 0.1) is 10.1 Å². The third-order valence-electron chi connectivity index (χ3n) is 2.00. The number of alkyl halides is 1. The largest absolute Gasteiger partial charge is 0.493 e. The second-order valence-electron chi connectivity index (χ2n) is 2.97. The Balaban J connectivity index is 3.19. The number of nitro benzene ring substituents is 1. The molecule has 94 valence electrons. The van der Waals surface area contributed by atoms with E-state index in [0.717, 1.165) is 0 Å². The summed E-state index contributed by atoms with van der Waals surface area (Å²) in [6.45, 7) is 0. The van der Waals surface area contributed by atoms with Gasteiger partial charge in [-0.15, -0.1) is 23.4 Å². The zero-order valence-corrected chi connectivity index (χ0v) is 11.0. The lowest BCUT2D eigenvalue weighted by Gasteiger charge is -2.09. The van der Waals surface area contributed by atoms with E-state index in [9.17, 15) is 10.1 Å². The minimum Gasteiger partial charge on any atom is -0.493 e. The van der Waals surface area contributed by atoms with Gasteiger partial charge in [0.05, 0.1) is 30.1 Å². The van der Waals surface area contributed by atoms with Gasteiger partial charge in [0, 0.05) is 17.7 Å². The van der Waals surface area contributed by atoms with Crippen molar-refractivity contribution < 1.29 is 14.4 Å². The van der Waals surface area contributed by atoms with Gasteiger partial charge in [-0.05, 0) is 0 Å². The van der Waals surface area contributed by atoms with Crippen LogP contribution in [0.5, 0.6) is 11.5 Å². The number of halogens is 1. The van der Waals surface area contributed by atoms with E-state index in [2.05, 4.69) is 0 Å². The zero-order chi connectivity index (χ0) is 12.8. The van der Waals surface area contributed by atoms with Gasteiger partial charge in [-0.25, -0.2) is 0 Å². The van der Waals surface area contributed by atoms with E-state index in [-0.39, 0.29) is 5.69 Å². The lowest BCUT2D eigenvalue weighted by molar-refractivity contribution is -0.387. The highest BCUT2D eigenvalue weighted by atomic mass is 35.5. The summed E-state index contributed by atoms with van der Waals surface area (Å²) in [5.74, 6) is 1.83. The molecule has 0 aliphatic carbocycles. The van der Waals surface area contributed by atoms with Crippen molar-refractivity contribution in [1.82, 2.24) is 0 Å². The molecule has 0 saturated heterocycles. The number of rotatable bonds is 6. The Morgan fingerprint density at radius 2 is 1.94 bits per heavy atom. The van der Waals surface area contributed by atoms with Crippen molar-refractivity contribution in [3.8, 4) is 11.5 Å². The molecule has 5 nitrogen and oxygen atoms in total. The fourth-order valence-corrected chi connectivity index (χ4v) is 2.26. The number of nitrogens with zero attached hydrogens (tertiary/aromatic N) is 1. The minimum absolute atomic E-state index is 0.00207. The van der Waals surface area contributed by atoms with Gasteiger partial charge in [0.2, 0.25) is 0 Å². The Morgan fingerprint density at radius 3 is 2.41 bits per heavy atom. The van der Waals surface area contributed by atoms with Crippen LogP contribution in [-0.4, -0.2) is 30.8 Å². The summed E-state index contributed by atoms with van der Waals surface area (Å²) in [6.07, 6.45) is 0. The van der Waals surface area contributed by atoms with E-state index in [4.69, 9.17) is 21.1 Å². The van der Waals surface area contributed by atoms with E-state index in [0.29, 0.717) is 28.0 Å². The second kappa shape index (κ2) is 6.56. The summed E-state index contributed by atoms with van der Waals surface area (Å²) < 4.78 is 10.1. The third kappa shape index (κ3) is 3.41. The molecule has 0 aliphatic rings. The molecule has 0 amide bonds. The van der Waals surface area contributed by atoms with Gasteiger partial charge in [-0.2, -0.15) is 0 Å². The molecule has 0 heterocycles. The number of hydrogen-bond acceptors (Lipinski definition) is 5. The summed E-state index contributed by atoms with van der Waals surface area (Å²) in [6, 6.07) is 2.95. The molecular formula is C10H12ClNO4S. The molecule has 1 rings (SSSR count). The van der Waals surface area contributed by atoms with Gasteiger partial charge in [0.25, 0.3) is 5.69 Å². The summed E-state index contributed by atoms with van der Waals surface area (Å²) in [7, 11) is 2.92. The van der Waals surface area contributed by atoms with Crippen molar-refractivity contribution in [3.05, 3.63) is 22.2 Å². The minimum atomic E-state index is -0.446. The summed E-state index contributed by atoms with van der Waals surface area (Å²) in [4.78, 5) is 11.0. The summed E-state index contributed by atoms with van der Waals surface area (Å²) in [5, 5.41) is 10.9. The Labute approximate surface area is 108 Å². The quantitative estimate of drug-likeness (QED) is 0.346.